The maximum Gasteiger partial charge on any atom is 0.220 e. The van der Waals surface area contributed by atoms with Crippen molar-refractivity contribution in [2.45, 2.75) is 6.92 Å². The lowest BCUT2D eigenvalue weighted by Gasteiger charge is -2.04. The van der Waals surface area contributed by atoms with Gasteiger partial charge < -0.3 is 5.73 Å². The number of nitrogens with zero attached hydrogens (tertiary/aromatic N) is 2. The molecular weight excluding hydrogens is 193 g/mol. The summed E-state index contributed by atoms with van der Waals surface area (Å²) < 4.78 is 12.7. The van der Waals surface area contributed by atoms with E-state index < -0.39 is 0 Å². The van der Waals surface area contributed by atoms with Crippen molar-refractivity contribution in [3.63, 3.8) is 0 Å². The second-order valence-electron chi connectivity index (χ2n) is 3.27. The first-order chi connectivity index (χ1) is 7.16. The van der Waals surface area contributed by atoms with Crippen molar-refractivity contribution in [2.75, 3.05) is 5.73 Å². The fourth-order valence-electron chi connectivity index (χ4n) is 1.36. The molecule has 4 heteroatoms. The normalized spacial score (nSPS) is 10.3. The molecule has 0 unspecified atom stereocenters. The zero-order chi connectivity index (χ0) is 10.8. The predicted octanol–water partition coefficient (Wildman–Crippen LogP) is 2.17. The van der Waals surface area contributed by atoms with Gasteiger partial charge in [-0.1, -0.05) is 0 Å². The zero-order valence-corrected chi connectivity index (χ0v) is 8.24. The molecule has 1 aromatic carbocycles. The van der Waals surface area contributed by atoms with Gasteiger partial charge in [-0.3, -0.25) is 0 Å². The van der Waals surface area contributed by atoms with Crippen LogP contribution >= 0.6 is 0 Å². The maximum atomic E-state index is 12.7. The number of anilines is 1. The molecule has 0 radical (unpaired) electrons. The highest BCUT2D eigenvalue weighted by Gasteiger charge is 2.04. The van der Waals surface area contributed by atoms with Gasteiger partial charge in [0.05, 0.1) is 5.69 Å². The van der Waals surface area contributed by atoms with Crippen molar-refractivity contribution in [3.8, 4) is 11.3 Å². The summed E-state index contributed by atoms with van der Waals surface area (Å²) in [5, 5.41) is 0. The first-order valence-electron chi connectivity index (χ1n) is 4.52. The first kappa shape index (κ1) is 9.58. The number of nitrogens with two attached hydrogens (primary N) is 1. The van der Waals surface area contributed by atoms with E-state index in [4.69, 9.17) is 5.73 Å². The number of rotatable bonds is 1. The maximum absolute atomic E-state index is 12.7. The molecule has 0 saturated heterocycles. The van der Waals surface area contributed by atoms with Gasteiger partial charge in [-0.25, -0.2) is 14.4 Å². The third kappa shape index (κ3) is 1.93. The standard InChI is InChI=1S/C11H10FN3/c1-7-6-14-11(13)15-10(7)8-2-4-9(12)5-3-8/h2-6H,1H3,(H2,13,14,15). The zero-order valence-electron chi connectivity index (χ0n) is 8.24. The van der Waals surface area contributed by atoms with Crippen LogP contribution in [0.2, 0.25) is 0 Å². The smallest absolute Gasteiger partial charge is 0.220 e. The summed E-state index contributed by atoms with van der Waals surface area (Å²) in [7, 11) is 0. The molecule has 0 spiro atoms. The van der Waals surface area contributed by atoms with Gasteiger partial charge in [0.1, 0.15) is 5.82 Å². The first-order valence-corrected chi connectivity index (χ1v) is 4.52. The van der Waals surface area contributed by atoms with Crippen molar-refractivity contribution >= 4 is 5.95 Å². The van der Waals surface area contributed by atoms with Gasteiger partial charge in [0.2, 0.25) is 5.95 Å². The van der Waals surface area contributed by atoms with E-state index in [0.29, 0.717) is 0 Å². The summed E-state index contributed by atoms with van der Waals surface area (Å²) in [6, 6.07) is 6.13. The Morgan fingerprint density at radius 2 is 1.87 bits per heavy atom. The Morgan fingerprint density at radius 3 is 2.53 bits per heavy atom. The van der Waals surface area contributed by atoms with Crippen LogP contribution < -0.4 is 5.73 Å². The molecule has 2 rings (SSSR count). The van der Waals surface area contributed by atoms with E-state index >= 15 is 0 Å². The van der Waals surface area contributed by atoms with Crippen molar-refractivity contribution in [1.82, 2.24) is 9.97 Å². The highest BCUT2D eigenvalue weighted by Crippen LogP contribution is 2.21. The molecule has 76 valence electrons. The summed E-state index contributed by atoms with van der Waals surface area (Å²) in [6.07, 6.45) is 1.65. The van der Waals surface area contributed by atoms with Crippen LogP contribution in [0.15, 0.2) is 30.5 Å². The van der Waals surface area contributed by atoms with Gasteiger partial charge in [-0.05, 0) is 36.8 Å². The van der Waals surface area contributed by atoms with Crippen LogP contribution in [0.4, 0.5) is 10.3 Å². The van der Waals surface area contributed by atoms with E-state index in [-0.39, 0.29) is 11.8 Å². The largest absolute Gasteiger partial charge is 0.368 e. The van der Waals surface area contributed by atoms with Crippen LogP contribution in [-0.4, -0.2) is 9.97 Å². The molecule has 2 N–H and O–H groups in total. The van der Waals surface area contributed by atoms with Gasteiger partial charge in [-0.15, -0.1) is 0 Å². The number of aromatic nitrogens is 2. The fourth-order valence-corrected chi connectivity index (χ4v) is 1.36. The van der Waals surface area contributed by atoms with Gasteiger partial charge >= 0.3 is 0 Å². The van der Waals surface area contributed by atoms with Crippen molar-refractivity contribution in [2.24, 2.45) is 0 Å². The molecule has 0 aliphatic carbocycles. The third-order valence-corrected chi connectivity index (χ3v) is 2.11. The number of hydrogen-bond acceptors (Lipinski definition) is 3. The average Bonchev–Trinajstić information content (AvgIpc) is 2.23. The second kappa shape index (κ2) is 3.65. The highest BCUT2D eigenvalue weighted by molar-refractivity contribution is 5.63. The quantitative estimate of drug-likeness (QED) is 0.772. The number of nitrogen functional groups attached to an aromatic ring is 1. The van der Waals surface area contributed by atoms with E-state index in [2.05, 4.69) is 9.97 Å². The minimum absolute atomic E-state index is 0.222. The van der Waals surface area contributed by atoms with Gasteiger partial charge in [-0.2, -0.15) is 0 Å². The third-order valence-electron chi connectivity index (χ3n) is 2.11. The molecule has 0 bridgehead atoms. The predicted molar refractivity (Wildman–Crippen MR) is 56.6 cm³/mol. The Kier molecular flexibility index (Phi) is 2.33. The Bertz CT molecular complexity index is 480. The summed E-state index contributed by atoms with van der Waals surface area (Å²) >= 11 is 0. The molecule has 0 amide bonds. The summed E-state index contributed by atoms with van der Waals surface area (Å²) in [5.74, 6) is -0.0432. The van der Waals surface area contributed by atoms with Gasteiger partial charge in [0.15, 0.2) is 0 Å². The number of hydrogen-bond donors (Lipinski definition) is 1. The van der Waals surface area contributed by atoms with Crippen LogP contribution in [0, 0.1) is 12.7 Å². The molecule has 0 aliphatic heterocycles. The second-order valence-corrected chi connectivity index (χ2v) is 3.27. The molecule has 3 nitrogen and oxygen atoms in total. The summed E-state index contributed by atoms with van der Waals surface area (Å²) in [6.45, 7) is 1.89. The lowest BCUT2D eigenvalue weighted by Crippen LogP contribution is -1.98. The van der Waals surface area contributed by atoms with E-state index in [0.717, 1.165) is 16.8 Å². The summed E-state index contributed by atoms with van der Waals surface area (Å²) in [5.41, 5.74) is 7.99. The Morgan fingerprint density at radius 1 is 1.20 bits per heavy atom. The molecule has 15 heavy (non-hydrogen) atoms. The molecular formula is C11H10FN3. The topological polar surface area (TPSA) is 51.8 Å². The van der Waals surface area contributed by atoms with Crippen LogP contribution in [0.25, 0.3) is 11.3 Å². The van der Waals surface area contributed by atoms with Crippen LogP contribution in [0.1, 0.15) is 5.56 Å². The molecule has 1 aromatic heterocycles. The Hall–Kier alpha value is -1.97. The minimum atomic E-state index is -0.265. The molecule has 1 heterocycles. The molecule has 0 aliphatic rings. The lowest BCUT2D eigenvalue weighted by molar-refractivity contribution is 0.628. The lowest BCUT2D eigenvalue weighted by atomic mass is 10.1. The van der Waals surface area contributed by atoms with E-state index in [1.54, 1.807) is 18.3 Å². The highest BCUT2D eigenvalue weighted by atomic mass is 19.1. The molecule has 0 fully saturated rings. The molecule has 0 saturated carbocycles. The van der Waals surface area contributed by atoms with Gasteiger partial charge in [0, 0.05) is 11.8 Å². The van der Waals surface area contributed by atoms with Crippen LogP contribution in [0.5, 0.6) is 0 Å². The van der Waals surface area contributed by atoms with Crippen LogP contribution in [-0.2, 0) is 0 Å². The Balaban J connectivity index is 2.53. The van der Waals surface area contributed by atoms with E-state index in [1.807, 2.05) is 6.92 Å². The minimum Gasteiger partial charge on any atom is -0.368 e. The monoisotopic (exact) mass is 203 g/mol. The van der Waals surface area contributed by atoms with Crippen molar-refractivity contribution < 1.29 is 4.39 Å². The van der Waals surface area contributed by atoms with Crippen LogP contribution in [0.3, 0.4) is 0 Å². The average molecular weight is 203 g/mol. The van der Waals surface area contributed by atoms with E-state index in [9.17, 15) is 4.39 Å². The number of aryl methyl sites for hydroxylation is 1. The number of benzene rings is 1. The summed E-state index contributed by atoms with van der Waals surface area (Å²) in [4.78, 5) is 7.99. The van der Waals surface area contributed by atoms with Crippen molar-refractivity contribution in [1.29, 1.82) is 0 Å². The molecule has 0 atom stereocenters. The van der Waals surface area contributed by atoms with Crippen molar-refractivity contribution in [3.05, 3.63) is 41.8 Å². The van der Waals surface area contributed by atoms with Gasteiger partial charge in [0.25, 0.3) is 0 Å². The fraction of sp³-hybridized carbons (Fsp3) is 0.0909. The number of halogens is 1. The molecule has 2 aromatic rings. The van der Waals surface area contributed by atoms with E-state index in [1.165, 1.54) is 12.1 Å². The SMILES string of the molecule is Cc1cnc(N)nc1-c1ccc(F)cc1. The Labute approximate surface area is 86.8 Å².